The van der Waals surface area contributed by atoms with Gasteiger partial charge in [0.05, 0.1) is 23.7 Å². The first-order valence-corrected chi connectivity index (χ1v) is 8.29. The average molecular weight is 353 g/mol. The summed E-state index contributed by atoms with van der Waals surface area (Å²) in [5.74, 6) is -0.523. The molecule has 0 aromatic heterocycles. The van der Waals surface area contributed by atoms with Crippen molar-refractivity contribution in [2.45, 2.75) is 6.42 Å². The zero-order valence-electron chi connectivity index (χ0n) is 13.5. The zero-order chi connectivity index (χ0) is 17.6. The lowest BCUT2D eigenvalue weighted by atomic mass is 10.0. The highest BCUT2D eigenvalue weighted by molar-refractivity contribution is 6.33. The van der Waals surface area contributed by atoms with E-state index in [9.17, 15) is 9.59 Å². The molecule has 0 bridgehead atoms. The first kappa shape index (κ1) is 17.0. The molecule has 5 heteroatoms. The Labute approximate surface area is 150 Å². The Morgan fingerprint density at radius 2 is 1.56 bits per heavy atom. The molecule has 0 heterocycles. The number of hydrogen-bond donors (Lipinski definition) is 2. The summed E-state index contributed by atoms with van der Waals surface area (Å²) in [6.07, 6.45) is 0.223. The average Bonchev–Trinajstić information content (AvgIpc) is 2.62. The van der Waals surface area contributed by atoms with Crippen LogP contribution in [0.15, 0.2) is 66.7 Å². The highest BCUT2D eigenvalue weighted by Gasteiger charge is 2.10. The Balaban J connectivity index is 1.57. The third-order valence-corrected chi connectivity index (χ3v) is 4.15. The summed E-state index contributed by atoms with van der Waals surface area (Å²) >= 11 is 5.99. The monoisotopic (exact) mass is 352 g/mol. The van der Waals surface area contributed by atoms with Gasteiger partial charge >= 0.3 is 0 Å². The number of anilines is 1. The Hall–Kier alpha value is -2.85. The minimum absolute atomic E-state index is 0.102. The highest BCUT2D eigenvalue weighted by atomic mass is 35.5. The Bertz CT molecular complexity index is 919. The van der Waals surface area contributed by atoms with Crippen molar-refractivity contribution in [1.82, 2.24) is 5.32 Å². The van der Waals surface area contributed by atoms with Gasteiger partial charge in [0.1, 0.15) is 0 Å². The van der Waals surface area contributed by atoms with Crippen molar-refractivity contribution in [1.29, 1.82) is 0 Å². The third kappa shape index (κ3) is 4.37. The summed E-state index contributed by atoms with van der Waals surface area (Å²) in [6, 6.07) is 20.7. The van der Waals surface area contributed by atoms with Gasteiger partial charge in [0.15, 0.2) is 0 Å². The first-order valence-electron chi connectivity index (χ1n) is 7.91. The lowest BCUT2D eigenvalue weighted by Crippen LogP contribution is -2.33. The summed E-state index contributed by atoms with van der Waals surface area (Å²) in [6.45, 7) is -0.102. The number of rotatable bonds is 5. The fourth-order valence-electron chi connectivity index (χ4n) is 2.62. The van der Waals surface area contributed by atoms with Crippen molar-refractivity contribution in [3.8, 4) is 0 Å². The fraction of sp³-hybridized carbons (Fsp3) is 0.100. The molecule has 0 unspecified atom stereocenters. The van der Waals surface area contributed by atoms with Crippen LogP contribution in [0.3, 0.4) is 0 Å². The quantitative estimate of drug-likeness (QED) is 0.734. The molecule has 126 valence electrons. The van der Waals surface area contributed by atoms with E-state index in [0.717, 1.165) is 16.3 Å². The number of carbonyl (C=O) groups is 2. The summed E-state index contributed by atoms with van der Waals surface area (Å²) in [5.41, 5.74) is 1.46. The smallest absolute Gasteiger partial charge is 0.243 e. The highest BCUT2D eigenvalue weighted by Crippen LogP contribution is 2.20. The minimum atomic E-state index is -0.320. The van der Waals surface area contributed by atoms with Gasteiger partial charge in [-0.25, -0.2) is 0 Å². The molecular weight excluding hydrogens is 336 g/mol. The fourth-order valence-corrected chi connectivity index (χ4v) is 2.80. The molecule has 4 nitrogen and oxygen atoms in total. The number of carbonyl (C=O) groups excluding carboxylic acids is 2. The Morgan fingerprint density at radius 1 is 0.840 bits per heavy atom. The maximum absolute atomic E-state index is 12.2. The van der Waals surface area contributed by atoms with Gasteiger partial charge in [-0.2, -0.15) is 0 Å². The third-order valence-electron chi connectivity index (χ3n) is 3.83. The SMILES string of the molecule is O=C(Cc1cccc2ccccc12)NCC(=O)Nc1ccccc1Cl. The molecule has 0 aliphatic rings. The van der Waals surface area contributed by atoms with Gasteiger partial charge in [-0.1, -0.05) is 66.2 Å². The number of hydrogen-bond acceptors (Lipinski definition) is 2. The van der Waals surface area contributed by atoms with E-state index in [1.165, 1.54) is 0 Å². The summed E-state index contributed by atoms with van der Waals surface area (Å²) in [7, 11) is 0. The molecule has 25 heavy (non-hydrogen) atoms. The topological polar surface area (TPSA) is 58.2 Å². The lowest BCUT2D eigenvalue weighted by Gasteiger charge is -2.09. The van der Waals surface area contributed by atoms with E-state index >= 15 is 0 Å². The number of amides is 2. The number of benzene rings is 3. The van der Waals surface area contributed by atoms with Crippen LogP contribution in [0.5, 0.6) is 0 Å². The number of fused-ring (bicyclic) bond motifs is 1. The van der Waals surface area contributed by atoms with Gasteiger partial charge in [0.2, 0.25) is 11.8 Å². The van der Waals surface area contributed by atoms with Crippen LogP contribution in [0.1, 0.15) is 5.56 Å². The van der Waals surface area contributed by atoms with Crippen molar-refractivity contribution < 1.29 is 9.59 Å². The molecule has 0 aliphatic heterocycles. The summed E-state index contributed by atoms with van der Waals surface area (Å²) in [4.78, 5) is 24.1. The van der Waals surface area contributed by atoms with Gasteiger partial charge < -0.3 is 10.6 Å². The molecule has 0 spiro atoms. The van der Waals surface area contributed by atoms with E-state index in [-0.39, 0.29) is 24.8 Å². The molecular formula is C20H17ClN2O2. The molecule has 2 amide bonds. The second-order valence-corrected chi connectivity index (χ2v) is 6.03. The van der Waals surface area contributed by atoms with Crippen LogP contribution in [0, 0.1) is 0 Å². The lowest BCUT2D eigenvalue weighted by molar-refractivity contribution is -0.123. The van der Waals surface area contributed by atoms with Gasteiger partial charge in [0.25, 0.3) is 0 Å². The second-order valence-electron chi connectivity index (χ2n) is 5.62. The maximum atomic E-state index is 12.2. The summed E-state index contributed by atoms with van der Waals surface area (Å²) in [5, 5.41) is 7.90. The second kappa shape index (κ2) is 7.81. The van der Waals surface area contributed by atoms with Gasteiger partial charge in [-0.15, -0.1) is 0 Å². The van der Waals surface area contributed by atoms with Gasteiger partial charge in [-0.3, -0.25) is 9.59 Å². The number of halogens is 1. The van der Waals surface area contributed by atoms with Crippen LogP contribution < -0.4 is 10.6 Å². The predicted octanol–water partition coefficient (Wildman–Crippen LogP) is 3.79. The van der Waals surface area contributed by atoms with Crippen molar-refractivity contribution in [3.63, 3.8) is 0 Å². The van der Waals surface area contributed by atoms with Crippen LogP contribution in [-0.2, 0) is 16.0 Å². The summed E-state index contributed by atoms with van der Waals surface area (Å²) < 4.78 is 0. The van der Waals surface area contributed by atoms with Gasteiger partial charge in [0, 0.05) is 0 Å². The predicted molar refractivity (Wildman–Crippen MR) is 101 cm³/mol. The Kier molecular flexibility index (Phi) is 5.31. The normalized spacial score (nSPS) is 10.4. The van der Waals surface area contributed by atoms with Crippen molar-refractivity contribution in [3.05, 3.63) is 77.3 Å². The van der Waals surface area contributed by atoms with E-state index in [0.29, 0.717) is 10.7 Å². The molecule has 0 saturated carbocycles. The number of nitrogens with one attached hydrogen (secondary N) is 2. The minimum Gasteiger partial charge on any atom is -0.347 e. The standard InChI is InChI=1S/C20H17ClN2O2/c21-17-10-3-4-11-18(17)23-20(25)13-22-19(24)12-15-8-5-7-14-6-1-2-9-16(14)15/h1-11H,12-13H2,(H,22,24)(H,23,25). The van der Waals surface area contributed by atoms with E-state index < -0.39 is 0 Å². The molecule has 0 saturated heterocycles. The van der Waals surface area contributed by atoms with Gasteiger partial charge in [-0.05, 0) is 28.5 Å². The number of para-hydroxylation sites is 1. The van der Waals surface area contributed by atoms with Crippen LogP contribution in [0.2, 0.25) is 5.02 Å². The van der Waals surface area contributed by atoms with E-state index in [1.807, 2.05) is 42.5 Å². The van der Waals surface area contributed by atoms with E-state index in [2.05, 4.69) is 10.6 Å². The molecule has 0 aliphatic carbocycles. The zero-order valence-corrected chi connectivity index (χ0v) is 14.2. The molecule has 3 aromatic carbocycles. The van der Waals surface area contributed by atoms with Crippen molar-refractivity contribution >= 4 is 39.9 Å². The van der Waals surface area contributed by atoms with Crippen LogP contribution in [-0.4, -0.2) is 18.4 Å². The van der Waals surface area contributed by atoms with Crippen LogP contribution in [0.4, 0.5) is 5.69 Å². The molecule has 0 atom stereocenters. The molecule has 0 fully saturated rings. The first-order chi connectivity index (χ1) is 12.1. The van der Waals surface area contributed by atoms with Crippen LogP contribution in [0.25, 0.3) is 10.8 Å². The molecule has 3 rings (SSSR count). The van der Waals surface area contributed by atoms with Crippen molar-refractivity contribution in [2.24, 2.45) is 0 Å². The Morgan fingerprint density at radius 3 is 2.40 bits per heavy atom. The van der Waals surface area contributed by atoms with Crippen molar-refractivity contribution in [2.75, 3.05) is 11.9 Å². The molecule has 2 N–H and O–H groups in total. The maximum Gasteiger partial charge on any atom is 0.243 e. The molecule has 0 radical (unpaired) electrons. The van der Waals surface area contributed by atoms with Crippen LogP contribution >= 0.6 is 11.6 Å². The molecule has 3 aromatic rings. The largest absolute Gasteiger partial charge is 0.347 e. The van der Waals surface area contributed by atoms with E-state index in [1.54, 1.807) is 24.3 Å². The van der Waals surface area contributed by atoms with E-state index in [4.69, 9.17) is 11.6 Å².